The van der Waals surface area contributed by atoms with Crippen LogP contribution in [0.4, 0.5) is 4.39 Å². The predicted molar refractivity (Wildman–Crippen MR) is 124 cm³/mol. The highest BCUT2D eigenvalue weighted by Crippen LogP contribution is 2.38. The van der Waals surface area contributed by atoms with Crippen LogP contribution >= 0.6 is 24.0 Å². The monoisotopic (exact) mass is 525 g/mol. The molecule has 0 amide bonds. The summed E-state index contributed by atoms with van der Waals surface area (Å²) in [6, 6.07) is 4.21. The molecule has 1 fully saturated rings. The number of rotatable bonds is 7. The van der Waals surface area contributed by atoms with Crippen LogP contribution in [0, 0.1) is 17.2 Å². The van der Waals surface area contributed by atoms with Gasteiger partial charge in [0.05, 0.1) is 5.75 Å². The molecule has 1 aromatic rings. The minimum Gasteiger partial charge on any atom is -0.356 e. The molecular formula is C20H33FIN3O2S. The minimum atomic E-state index is -3.19. The lowest BCUT2D eigenvalue weighted by atomic mass is 9.78. The standard InChI is InChI=1S/C20H32FN3O2S.HI/c1-20(2,17-7-5-6-8-17)14-24-19(22-3)23-12-16-11-18(21)10-9-15(16)13-27(4,25)26;/h9-11,17H,5-8,12-14H2,1-4H3,(H2,22,23,24);1H. The van der Waals surface area contributed by atoms with E-state index in [0.29, 0.717) is 29.5 Å². The second-order valence-electron chi connectivity index (χ2n) is 8.23. The Morgan fingerprint density at radius 1 is 1.21 bits per heavy atom. The third-order valence-corrected chi connectivity index (χ3v) is 6.26. The van der Waals surface area contributed by atoms with Crippen LogP contribution in [0.5, 0.6) is 0 Å². The van der Waals surface area contributed by atoms with Gasteiger partial charge < -0.3 is 10.6 Å². The van der Waals surface area contributed by atoms with Crippen molar-refractivity contribution in [1.82, 2.24) is 10.6 Å². The van der Waals surface area contributed by atoms with Crippen LogP contribution in [0.1, 0.15) is 50.7 Å². The molecule has 0 unspecified atom stereocenters. The van der Waals surface area contributed by atoms with Crippen molar-refractivity contribution < 1.29 is 12.8 Å². The molecule has 0 spiro atoms. The van der Waals surface area contributed by atoms with E-state index in [9.17, 15) is 12.8 Å². The number of aliphatic imine (C=N–C) groups is 1. The fourth-order valence-electron chi connectivity index (χ4n) is 3.75. The normalized spacial score (nSPS) is 16.0. The molecule has 0 bridgehead atoms. The molecule has 1 aromatic carbocycles. The van der Waals surface area contributed by atoms with Crippen molar-refractivity contribution in [2.75, 3.05) is 19.8 Å². The number of halogens is 2. The fraction of sp³-hybridized carbons (Fsp3) is 0.650. The lowest BCUT2D eigenvalue weighted by molar-refractivity contribution is 0.218. The first-order valence-corrected chi connectivity index (χ1v) is 11.6. The van der Waals surface area contributed by atoms with Gasteiger partial charge in [-0.05, 0) is 47.4 Å². The van der Waals surface area contributed by atoms with Gasteiger partial charge >= 0.3 is 0 Å². The van der Waals surface area contributed by atoms with Gasteiger partial charge in [0, 0.05) is 26.4 Å². The Bertz CT molecular complexity index is 776. The number of hydrogen-bond donors (Lipinski definition) is 2. The van der Waals surface area contributed by atoms with Crippen LogP contribution in [0.3, 0.4) is 0 Å². The molecule has 2 rings (SSSR count). The number of nitrogens with one attached hydrogen (secondary N) is 2. The van der Waals surface area contributed by atoms with E-state index in [1.165, 1.54) is 50.1 Å². The van der Waals surface area contributed by atoms with Crippen molar-refractivity contribution in [3.8, 4) is 0 Å². The summed E-state index contributed by atoms with van der Waals surface area (Å²) in [6.45, 7) is 5.67. The molecule has 5 nitrogen and oxygen atoms in total. The van der Waals surface area contributed by atoms with E-state index in [1.807, 2.05) is 0 Å². The summed E-state index contributed by atoms with van der Waals surface area (Å²) in [6.07, 6.45) is 6.35. The van der Waals surface area contributed by atoms with Crippen LogP contribution in [-0.2, 0) is 22.1 Å². The smallest absolute Gasteiger partial charge is 0.191 e. The molecule has 1 aliphatic rings. The second-order valence-corrected chi connectivity index (χ2v) is 10.4. The summed E-state index contributed by atoms with van der Waals surface area (Å²) in [5.41, 5.74) is 1.40. The average molecular weight is 525 g/mol. The molecule has 8 heteroatoms. The van der Waals surface area contributed by atoms with Gasteiger partial charge in [-0.15, -0.1) is 24.0 Å². The van der Waals surface area contributed by atoms with Crippen molar-refractivity contribution >= 4 is 39.8 Å². The van der Waals surface area contributed by atoms with Crippen LogP contribution < -0.4 is 10.6 Å². The number of nitrogens with zero attached hydrogens (tertiary/aromatic N) is 1. The van der Waals surface area contributed by atoms with E-state index in [2.05, 4.69) is 29.5 Å². The quantitative estimate of drug-likeness (QED) is 0.322. The molecule has 2 N–H and O–H groups in total. The van der Waals surface area contributed by atoms with Gasteiger partial charge in [-0.2, -0.15) is 0 Å². The number of guanidine groups is 1. The topological polar surface area (TPSA) is 70.6 Å². The van der Waals surface area contributed by atoms with Crippen molar-refractivity contribution in [3.63, 3.8) is 0 Å². The Hall–Kier alpha value is -0.900. The molecule has 0 atom stereocenters. The summed E-state index contributed by atoms with van der Waals surface area (Å²) in [5.74, 6) is 0.864. The lowest BCUT2D eigenvalue weighted by Gasteiger charge is -2.32. The first-order valence-electron chi connectivity index (χ1n) is 9.50. The summed E-state index contributed by atoms with van der Waals surface area (Å²) >= 11 is 0. The van der Waals surface area contributed by atoms with E-state index in [0.717, 1.165) is 6.54 Å². The molecule has 0 aromatic heterocycles. The van der Waals surface area contributed by atoms with Crippen LogP contribution in [0.2, 0.25) is 0 Å². The molecule has 0 heterocycles. The Morgan fingerprint density at radius 3 is 2.43 bits per heavy atom. The van der Waals surface area contributed by atoms with Gasteiger partial charge in [-0.1, -0.05) is 32.8 Å². The first kappa shape index (κ1) is 25.1. The molecule has 28 heavy (non-hydrogen) atoms. The van der Waals surface area contributed by atoms with Crippen LogP contribution in [-0.4, -0.2) is 34.2 Å². The number of sulfone groups is 1. The Kier molecular flexibility index (Phi) is 9.66. The van der Waals surface area contributed by atoms with Gasteiger partial charge in [0.25, 0.3) is 0 Å². The zero-order valence-corrected chi connectivity index (χ0v) is 20.4. The molecule has 0 aliphatic heterocycles. The van der Waals surface area contributed by atoms with E-state index in [1.54, 1.807) is 7.05 Å². The highest BCUT2D eigenvalue weighted by atomic mass is 127. The van der Waals surface area contributed by atoms with Crippen molar-refractivity contribution in [2.24, 2.45) is 16.3 Å². The Labute approximate surface area is 185 Å². The minimum absolute atomic E-state index is 0. The van der Waals surface area contributed by atoms with Gasteiger partial charge in [-0.25, -0.2) is 12.8 Å². The van der Waals surface area contributed by atoms with E-state index in [4.69, 9.17) is 0 Å². The third-order valence-electron chi connectivity index (χ3n) is 5.43. The second kappa shape index (κ2) is 10.8. The molecule has 160 valence electrons. The average Bonchev–Trinajstić information content (AvgIpc) is 3.11. The van der Waals surface area contributed by atoms with Crippen molar-refractivity contribution in [3.05, 3.63) is 35.1 Å². The van der Waals surface area contributed by atoms with Gasteiger partial charge in [0.2, 0.25) is 0 Å². The first-order chi connectivity index (χ1) is 12.6. The SMILES string of the molecule is CN=C(NCc1cc(F)ccc1CS(C)(=O)=O)NCC(C)(C)C1CCCC1.I. The van der Waals surface area contributed by atoms with E-state index >= 15 is 0 Å². The maximum absolute atomic E-state index is 13.6. The summed E-state index contributed by atoms with van der Waals surface area (Å²) in [7, 11) is -1.50. The van der Waals surface area contributed by atoms with Gasteiger partial charge in [-0.3, -0.25) is 4.99 Å². The predicted octanol–water partition coefficient (Wildman–Crippen LogP) is 3.87. The van der Waals surface area contributed by atoms with E-state index in [-0.39, 0.29) is 41.0 Å². The highest BCUT2D eigenvalue weighted by Gasteiger charge is 2.31. The van der Waals surface area contributed by atoms with E-state index < -0.39 is 9.84 Å². The zero-order chi connectivity index (χ0) is 20.1. The summed E-state index contributed by atoms with van der Waals surface area (Å²) in [4.78, 5) is 4.24. The summed E-state index contributed by atoms with van der Waals surface area (Å²) < 4.78 is 36.9. The Morgan fingerprint density at radius 2 is 1.86 bits per heavy atom. The van der Waals surface area contributed by atoms with Crippen molar-refractivity contribution in [2.45, 2.75) is 51.8 Å². The maximum atomic E-state index is 13.6. The maximum Gasteiger partial charge on any atom is 0.191 e. The number of hydrogen-bond acceptors (Lipinski definition) is 3. The third kappa shape index (κ3) is 7.85. The Balaban J connectivity index is 0.00000392. The molecule has 0 saturated heterocycles. The molecular weight excluding hydrogens is 492 g/mol. The highest BCUT2D eigenvalue weighted by molar-refractivity contribution is 14.0. The lowest BCUT2D eigenvalue weighted by Crippen LogP contribution is -2.43. The van der Waals surface area contributed by atoms with Crippen molar-refractivity contribution in [1.29, 1.82) is 0 Å². The molecule has 1 saturated carbocycles. The molecule has 0 radical (unpaired) electrons. The van der Waals surface area contributed by atoms with Gasteiger partial charge in [0.15, 0.2) is 15.8 Å². The molecule has 1 aliphatic carbocycles. The van der Waals surface area contributed by atoms with Crippen LogP contribution in [0.15, 0.2) is 23.2 Å². The van der Waals surface area contributed by atoms with Gasteiger partial charge in [0.1, 0.15) is 5.82 Å². The fourth-order valence-corrected chi connectivity index (χ4v) is 4.59. The summed E-state index contributed by atoms with van der Waals surface area (Å²) in [5, 5.41) is 6.55. The van der Waals surface area contributed by atoms with Crippen LogP contribution in [0.25, 0.3) is 0 Å². The zero-order valence-electron chi connectivity index (χ0n) is 17.2. The number of benzene rings is 1. The largest absolute Gasteiger partial charge is 0.356 e.